The number of carbonyl (C=O) groups is 2. The third kappa shape index (κ3) is 4.78. The molecule has 0 radical (unpaired) electrons. The number of hydrogen-bond donors (Lipinski definition) is 1. The summed E-state index contributed by atoms with van der Waals surface area (Å²) in [6.07, 6.45) is -3.64. The number of carbonyl (C=O) groups excluding carboxylic acids is 2. The van der Waals surface area contributed by atoms with Crippen molar-refractivity contribution in [1.82, 2.24) is 15.1 Å². The summed E-state index contributed by atoms with van der Waals surface area (Å²) in [6.45, 7) is 6.08. The van der Waals surface area contributed by atoms with Crippen LogP contribution in [0.3, 0.4) is 0 Å². The molecule has 0 bridgehead atoms. The lowest BCUT2D eigenvalue weighted by atomic mass is 9.99. The number of urea groups is 1. The number of alkyl halides is 3. The highest BCUT2D eigenvalue weighted by atomic mass is 19.4. The highest BCUT2D eigenvalue weighted by Crippen LogP contribution is 2.27. The molecule has 1 N–H and O–H groups in total. The Bertz CT molecular complexity index is 401. The molecule has 1 saturated heterocycles. The zero-order valence-corrected chi connectivity index (χ0v) is 13.2. The van der Waals surface area contributed by atoms with Gasteiger partial charge in [0, 0.05) is 19.6 Å². The van der Waals surface area contributed by atoms with Crippen LogP contribution in [-0.4, -0.2) is 60.1 Å². The van der Waals surface area contributed by atoms with Crippen molar-refractivity contribution in [3.8, 4) is 0 Å². The van der Waals surface area contributed by atoms with E-state index in [1.54, 1.807) is 11.8 Å². The first-order valence-corrected chi connectivity index (χ1v) is 7.60. The minimum Gasteiger partial charge on any atom is -0.341 e. The van der Waals surface area contributed by atoms with E-state index in [2.05, 4.69) is 0 Å². The second-order valence-electron chi connectivity index (χ2n) is 5.60. The first kappa shape index (κ1) is 18.6. The van der Waals surface area contributed by atoms with E-state index in [1.165, 1.54) is 11.8 Å². The van der Waals surface area contributed by atoms with Crippen molar-refractivity contribution in [1.29, 1.82) is 0 Å². The smallest absolute Gasteiger partial charge is 0.341 e. The first-order chi connectivity index (χ1) is 10.2. The third-order valence-corrected chi connectivity index (χ3v) is 4.05. The molecule has 2 atom stereocenters. The lowest BCUT2D eigenvalue weighted by molar-refractivity contribution is -0.164. The van der Waals surface area contributed by atoms with Crippen LogP contribution in [-0.2, 0) is 4.79 Å². The van der Waals surface area contributed by atoms with Gasteiger partial charge in [0.2, 0.25) is 5.91 Å². The second-order valence-corrected chi connectivity index (χ2v) is 5.60. The summed E-state index contributed by atoms with van der Waals surface area (Å²) in [6, 6.07) is -2.72. The highest BCUT2D eigenvalue weighted by molar-refractivity contribution is 5.84. The van der Waals surface area contributed by atoms with Crippen LogP contribution in [0.2, 0.25) is 0 Å². The monoisotopic (exact) mass is 323 g/mol. The van der Waals surface area contributed by atoms with E-state index in [1.807, 2.05) is 12.2 Å². The van der Waals surface area contributed by atoms with E-state index >= 15 is 0 Å². The third-order valence-electron chi connectivity index (χ3n) is 4.05. The van der Waals surface area contributed by atoms with Gasteiger partial charge in [-0.05, 0) is 19.3 Å². The maximum absolute atomic E-state index is 13.1. The van der Waals surface area contributed by atoms with E-state index < -0.39 is 24.2 Å². The van der Waals surface area contributed by atoms with Crippen molar-refractivity contribution in [2.75, 3.05) is 26.2 Å². The van der Waals surface area contributed by atoms with Crippen molar-refractivity contribution >= 4 is 11.9 Å². The molecule has 128 valence electrons. The average Bonchev–Trinajstić information content (AvgIpc) is 2.63. The molecular weight excluding hydrogens is 299 g/mol. The van der Waals surface area contributed by atoms with Crippen LogP contribution < -0.4 is 5.32 Å². The molecule has 8 heteroatoms. The Labute approximate surface area is 128 Å². The van der Waals surface area contributed by atoms with Crippen molar-refractivity contribution in [2.45, 2.75) is 45.8 Å². The van der Waals surface area contributed by atoms with E-state index in [9.17, 15) is 22.8 Å². The highest BCUT2D eigenvalue weighted by Gasteiger charge is 2.44. The molecule has 0 unspecified atom stereocenters. The van der Waals surface area contributed by atoms with Crippen LogP contribution in [0.15, 0.2) is 0 Å². The van der Waals surface area contributed by atoms with Gasteiger partial charge in [0.15, 0.2) is 0 Å². The van der Waals surface area contributed by atoms with Gasteiger partial charge >= 0.3 is 12.2 Å². The Morgan fingerprint density at radius 2 is 1.95 bits per heavy atom. The van der Waals surface area contributed by atoms with E-state index in [-0.39, 0.29) is 19.0 Å². The second kappa shape index (κ2) is 7.69. The molecule has 0 aliphatic carbocycles. The summed E-state index contributed by atoms with van der Waals surface area (Å²) in [7, 11) is 0. The summed E-state index contributed by atoms with van der Waals surface area (Å²) in [5, 5.41) is 2.05. The van der Waals surface area contributed by atoms with Gasteiger partial charge in [0.1, 0.15) is 12.6 Å². The predicted molar refractivity (Wildman–Crippen MR) is 76.3 cm³/mol. The number of amides is 3. The summed E-state index contributed by atoms with van der Waals surface area (Å²) < 4.78 is 39.2. The van der Waals surface area contributed by atoms with Gasteiger partial charge in [-0.25, -0.2) is 4.79 Å². The average molecular weight is 323 g/mol. The SMILES string of the molecule is CC[C@@H](C)[C@@H](NC(=O)N1CCCN(CC)C(=O)C1)C(F)(F)F. The van der Waals surface area contributed by atoms with Crippen LogP contribution in [0.5, 0.6) is 0 Å². The number of halogens is 3. The Kier molecular flexibility index (Phi) is 6.49. The molecule has 3 amide bonds. The minimum absolute atomic E-state index is 0.176. The fourth-order valence-corrected chi connectivity index (χ4v) is 2.43. The van der Waals surface area contributed by atoms with E-state index in [0.717, 1.165) is 0 Å². The lowest BCUT2D eigenvalue weighted by Gasteiger charge is -2.29. The van der Waals surface area contributed by atoms with Crippen molar-refractivity contribution < 1.29 is 22.8 Å². The Hall–Kier alpha value is -1.47. The standard InChI is InChI=1S/C14H24F3N3O2/c1-4-10(3)12(14(15,16)17)18-13(22)20-8-6-7-19(5-2)11(21)9-20/h10,12H,4-9H2,1-3H3,(H,18,22)/t10-,12-/m1/s1. The van der Waals surface area contributed by atoms with E-state index in [4.69, 9.17) is 0 Å². The maximum atomic E-state index is 13.1. The van der Waals surface area contributed by atoms with Gasteiger partial charge < -0.3 is 15.1 Å². The van der Waals surface area contributed by atoms with Crippen molar-refractivity contribution in [2.24, 2.45) is 5.92 Å². The molecular formula is C14H24F3N3O2. The van der Waals surface area contributed by atoms with Crippen LogP contribution >= 0.6 is 0 Å². The molecule has 1 fully saturated rings. The van der Waals surface area contributed by atoms with Gasteiger partial charge in [-0.3, -0.25) is 4.79 Å². The summed E-state index contributed by atoms with van der Waals surface area (Å²) in [4.78, 5) is 26.8. The molecule has 0 aromatic heterocycles. The predicted octanol–water partition coefficient (Wildman–Crippen LogP) is 2.23. The summed E-state index contributed by atoms with van der Waals surface area (Å²) >= 11 is 0. The number of hydrogen-bond acceptors (Lipinski definition) is 2. The molecule has 0 aromatic rings. The molecule has 1 aliphatic heterocycles. The topological polar surface area (TPSA) is 52.7 Å². The normalized spacial score (nSPS) is 19.6. The van der Waals surface area contributed by atoms with Gasteiger partial charge in [0.25, 0.3) is 0 Å². The van der Waals surface area contributed by atoms with E-state index in [0.29, 0.717) is 25.9 Å². The van der Waals surface area contributed by atoms with Crippen molar-refractivity contribution in [3.63, 3.8) is 0 Å². The number of likely N-dealkylation sites (N-methyl/N-ethyl adjacent to an activating group) is 1. The quantitative estimate of drug-likeness (QED) is 0.862. The molecule has 1 rings (SSSR count). The fourth-order valence-electron chi connectivity index (χ4n) is 2.43. The Morgan fingerprint density at radius 1 is 1.32 bits per heavy atom. The maximum Gasteiger partial charge on any atom is 0.408 e. The lowest BCUT2D eigenvalue weighted by Crippen LogP contribution is -2.54. The first-order valence-electron chi connectivity index (χ1n) is 7.60. The fraction of sp³-hybridized carbons (Fsp3) is 0.857. The Balaban J connectivity index is 2.75. The van der Waals surface area contributed by atoms with Crippen LogP contribution in [0.4, 0.5) is 18.0 Å². The summed E-state index contributed by atoms with van der Waals surface area (Å²) in [5.41, 5.74) is 0. The molecule has 1 aliphatic rings. The molecule has 5 nitrogen and oxygen atoms in total. The van der Waals surface area contributed by atoms with Gasteiger partial charge in [0.05, 0.1) is 0 Å². The zero-order chi connectivity index (χ0) is 16.9. The largest absolute Gasteiger partial charge is 0.408 e. The number of nitrogens with zero attached hydrogens (tertiary/aromatic N) is 2. The van der Waals surface area contributed by atoms with Gasteiger partial charge in [-0.15, -0.1) is 0 Å². The Morgan fingerprint density at radius 3 is 2.45 bits per heavy atom. The molecule has 1 heterocycles. The van der Waals surface area contributed by atoms with Gasteiger partial charge in [-0.1, -0.05) is 20.3 Å². The number of nitrogens with one attached hydrogen (secondary N) is 1. The van der Waals surface area contributed by atoms with Crippen LogP contribution in [0.1, 0.15) is 33.6 Å². The molecule has 0 aromatic carbocycles. The molecule has 0 spiro atoms. The summed E-state index contributed by atoms with van der Waals surface area (Å²) in [5.74, 6) is -0.957. The zero-order valence-electron chi connectivity index (χ0n) is 13.2. The molecule has 0 saturated carbocycles. The van der Waals surface area contributed by atoms with Crippen molar-refractivity contribution in [3.05, 3.63) is 0 Å². The molecule has 22 heavy (non-hydrogen) atoms. The number of rotatable bonds is 4. The van der Waals surface area contributed by atoms with Crippen LogP contribution in [0.25, 0.3) is 0 Å². The van der Waals surface area contributed by atoms with Crippen LogP contribution in [0, 0.1) is 5.92 Å². The van der Waals surface area contributed by atoms with Gasteiger partial charge in [-0.2, -0.15) is 13.2 Å². The minimum atomic E-state index is -4.50.